The molecule has 6 nitrogen and oxygen atoms in total. The minimum absolute atomic E-state index is 0.282. The zero-order valence-corrected chi connectivity index (χ0v) is 11.7. The molecule has 0 radical (unpaired) electrons. The largest absolute Gasteiger partial charge is 0.399 e. The minimum atomic E-state index is -3.89. The van der Waals surface area contributed by atoms with Crippen LogP contribution in [-0.4, -0.2) is 30.8 Å². The topological polar surface area (TPSA) is 85.4 Å². The Hall–Kier alpha value is -1.86. The van der Waals surface area contributed by atoms with Crippen LogP contribution in [0.2, 0.25) is 0 Å². The van der Waals surface area contributed by atoms with E-state index in [4.69, 9.17) is 5.73 Å². The Morgan fingerprint density at radius 3 is 2.42 bits per heavy atom. The van der Waals surface area contributed by atoms with Crippen LogP contribution in [0.4, 0.5) is 5.69 Å². The molecule has 0 bridgehead atoms. The van der Waals surface area contributed by atoms with Gasteiger partial charge in [-0.15, -0.1) is 0 Å². The Morgan fingerprint density at radius 1 is 1.21 bits per heavy atom. The van der Waals surface area contributed by atoms with E-state index >= 15 is 0 Å². The van der Waals surface area contributed by atoms with Crippen molar-refractivity contribution >= 4 is 26.8 Å². The summed E-state index contributed by atoms with van der Waals surface area (Å²) in [5, 5.41) is 0.650. The SMILES string of the molecule is Cc1cc2ccc(N)cc2n(S(=O)(=O)N(C)C)c1=O. The number of benzene rings is 1. The fraction of sp³-hybridized carbons (Fsp3) is 0.250. The van der Waals surface area contributed by atoms with Crippen molar-refractivity contribution in [3.8, 4) is 0 Å². The molecule has 2 N–H and O–H groups in total. The molecule has 0 aliphatic heterocycles. The zero-order valence-electron chi connectivity index (χ0n) is 10.9. The van der Waals surface area contributed by atoms with Crippen molar-refractivity contribution in [3.05, 3.63) is 40.2 Å². The van der Waals surface area contributed by atoms with Crippen molar-refractivity contribution in [2.75, 3.05) is 19.8 Å². The number of hydrogen-bond donors (Lipinski definition) is 1. The Labute approximate surface area is 111 Å². The van der Waals surface area contributed by atoms with Crippen LogP contribution in [-0.2, 0) is 10.2 Å². The Kier molecular flexibility index (Phi) is 3.11. The summed E-state index contributed by atoms with van der Waals surface area (Å²) in [6, 6.07) is 6.49. The van der Waals surface area contributed by atoms with Gasteiger partial charge in [-0.05, 0) is 25.1 Å². The molecule has 1 aromatic carbocycles. The van der Waals surface area contributed by atoms with Gasteiger partial charge < -0.3 is 5.73 Å². The predicted molar refractivity (Wildman–Crippen MR) is 75.4 cm³/mol. The highest BCUT2D eigenvalue weighted by atomic mass is 32.2. The van der Waals surface area contributed by atoms with E-state index in [1.54, 1.807) is 25.1 Å². The van der Waals surface area contributed by atoms with Gasteiger partial charge in [-0.2, -0.15) is 16.7 Å². The third-order valence-corrected chi connectivity index (χ3v) is 4.61. The smallest absolute Gasteiger partial charge is 0.310 e. The number of anilines is 1. The number of rotatable bonds is 2. The lowest BCUT2D eigenvalue weighted by Gasteiger charge is -2.16. The molecule has 1 aromatic heterocycles. The summed E-state index contributed by atoms with van der Waals surface area (Å²) in [4.78, 5) is 12.2. The summed E-state index contributed by atoms with van der Waals surface area (Å²) in [5.41, 5.74) is 6.16. The first-order valence-corrected chi connectivity index (χ1v) is 7.00. The molecule has 2 aromatic rings. The van der Waals surface area contributed by atoms with E-state index < -0.39 is 15.8 Å². The molecule has 7 heteroatoms. The van der Waals surface area contributed by atoms with E-state index in [2.05, 4.69) is 0 Å². The van der Waals surface area contributed by atoms with E-state index in [1.165, 1.54) is 20.2 Å². The van der Waals surface area contributed by atoms with Crippen LogP contribution in [0.1, 0.15) is 5.56 Å². The lowest BCUT2D eigenvalue weighted by molar-refractivity contribution is 0.510. The van der Waals surface area contributed by atoms with Crippen LogP contribution in [0.25, 0.3) is 10.9 Å². The van der Waals surface area contributed by atoms with Crippen LogP contribution in [0, 0.1) is 6.92 Å². The van der Waals surface area contributed by atoms with E-state index in [1.807, 2.05) is 0 Å². The van der Waals surface area contributed by atoms with Gasteiger partial charge in [0.05, 0.1) is 5.52 Å². The van der Waals surface area contributed by atoms with Crippen molar-refractivity contribution < 1.29 is 8.42 Å². The molecule has 0 spiro atoms. The molecule has 0 aliphatic carbocycles. The lowest BCUT2D eigenvalue weighted by Crippen LogP contribution is -2.37. The van der Waals surface area contributed by atoms with Gasteiger partial charge in [0.15, 0.2) is 0 Å². The molecule has 0 saturated carbocycles. The molecule has 0 saturated heterocycles. The van der Waals surface area contributed by atoms with Crippen LogP contribution in [0.15, 0.2) is 29.1 Å². The van der Waals surface area contributed by atoms with Crippen molar-refractivity contribution in [1.29, 1.82) is 0 Å². The third kappa shape index (κ3) is 2.11. The van der Waals surface area contributed by atoms with Gasteiger partial charge >= 0.3 is 10.2 Å². The molecule has 0 unspecified atom stereocenters. The second-order valence-electron chi connectivity index (χ2n) is 4.51. The molecule has 2 rings (SSSR count). The molecule has 0 atom stereocenters. The maximum Gasteiger partial charge on any atom is 0.310 e. The van der Waals surface area contributed by atoms with Crippen LogP contribution >= 0.6 is 0 Å². The molecule has 102 valence electrons. The summed E-state index contributed by atoms with van der Waals surface area (Å²) in [5.74, 6) is 0. The highest BCUT2D eigenvalue weighted by Gasteiger charge is 2.21. The fourth-order valence-electron chi connectivity index (χ4n) is 1.82. The van der Waals surface area contributed by atoms with E-state index in [0.717, 1.165) is 8.28 Å². The third-order valence-electron chi connectivity index (χ3n) is 2.86. The summed E-state index contributed by atoms with van der Waals surface area (Å²) in [7, 11) is -1.14. The van der Waals surface area contributed by atoms with Crippen molar-refractivity contribution in [2.24, 2.45) is 0 Å². The Balaban J connectivity index is 3.05. The number of hydrogen-bond acceptors (Lipinski definition) is 4. The van der Waals surface area contributed by atoms with Gasteiger partial charge in [-0.1, -0.05) is 6.07 Å². The first kappa shape index (κ1) is 13.6. The maximum atomic E-state index is 12.3. The Bertz CT molecular complexity index is 807. The summed E-state index contributed by atoms with van der Waals surface area (Å²) < 4.78 is 26.3. The van der Waals surface area contributed by atoms with Crippen LogP contribution in [0.3, 0.4) is 0 Å². The molecular weight excluding hydrogens is 266 g/mol. The maximum absolute atomic E-state index is 12.3. The zero-order chi connectivity index (χ0) is 14.4. The van der Waals surface area contributed by atoms with E-state index in [9.17, 15) is 13.2 Å². The van der Waals surface area contributed by atoms with Crippen molar-refractivity contribution in [2.45, 2.75) is 6.92 Å². The minimum Gasteiger partial charge on any atom is -0.399 e. The normalized spacial score (nSPS) is 12.2. The summed E-state index contributed by atoms with van der Waals surface area (Å²) in [6.07, 6.45) is 0. The average molecular weight is 281 g/mol. The molecular formula is C12H15N3O3S. The average Bonchev–Trinajstić information content (AvgIpc) is 2.30. The highest BCUT2D eigenvalue weighted by molar-refractivity contribution is 7.87. The van der Waals surface area contributed by atoms with Gasteiger partial charge in [-0.3, -0.25) is 4.79 Å². The Morgan fingerprint density at radius 2 is 1.84 bits per heavy atom. The number of nitrogen functional groups attached to an aromatic ring is 1. The first-order valence-electron chi connectivity index (χ1n) is 5.60. The van der Waals surface area contributed by atoms with Gasteiger partial charge in [0.25, 0.3) is 5.56 Å². The van der Waals surface area contributed by atoms with Gasteiger partial charge in [0.1, 0.15) is 0 Å². The number of nitrogens with zero attached hydrogens (tertiary/aromatic N) is 2. The monoisotopic (exact) mass is 281 g/mol. The van der Waals surface area contributed by atoms with E-state index in [0.29, 0.717) is 16.6 Å². The molecule has 1 heterocycles. The fourth-order valence-corrected chi connectivity index (χ4v) is 2.90. The first-order chi connectivity index (χ1) is 8.75. The van der Waals surface area contributed by atoms with Gasteiger partial charge in [0, 0.05) is 30.7 Å². The van der Waals surface area contributed by atoms with Gasteiger partial charge in [0.2, 0.25) is 0 Å². The molecule has 0 fully saturated rings. The molecule has 0 aliphatic rings. The number of fused-ring (bicyclic) bond motifs is 1. The molecule has 19 heavy (non-hydrogen) atoms. The summed E-state index contributed by atoms with van der Waals surface area (Å²) >= 11 is 0. The second-order valence-corrected chi connectivity index (χ2v) is 6.50. The van der Waals surface area contributed by atoms with Crippen molar-refractivity contribution in [3.63, 3.8) is 0 Å². The number of aryl methyl sites for hydroxylation is 1. The highest BCUT2D eigenvalue weighted by Crippen LogP contribution is 2.19. The second kappa shape index (κ2) is 4.36. The number of nitrogens with two attached hydrogens (primary N) is 1. The van der Waals surface area contributed by atoms with E-state index in [-0.39, 0.29) is 5.52 Å². The lowest BCUT2D eigenvalue weighted by atomic mass is 10.1. The van der Waals surface area contributed by atoms with Gasteiger partial charge in [-0.25, -0.2) is 0 Å². The number of aromatic nitrogens is 1. The quantitative estimate of drug-likeness (QED) is 0.814. The van der Waals surface area contributed by atoms with Crippen LogP contribution < -0.4 is 11.3 Å². The number of pyridine rings is 1. The predicted octanol–water partition coefficient (Wildman–Crippen LogP) is 0.547. The standard InChI is InChI=1S/C12H15N3O3S/c1-8-6-9-4-5-10(13)7-11(9)15(12(8)16)19(17,18)14(2)3/h4-7H,13H2,1-3H3. The summed E-state index contributed by atoms with van der Waals surface area (Å²) in [6.45, 7) is 1.58. The van der Waals surface area contributed by atoms with Crippen LogP contribution in [0.5, 0.6) is 0 Å². The van der Waals surface area contributed by atoms with Crippen molar-refractivity contribution in [1.82, 2.24) is 8.28 Å². The molecule has 0 amide bonds.